The lowest BCUT2D eigenvalue weighted by Crippen LogP contribution is -2.67. The first-order valence-corrected chi connectivity index (χ1v) is 13.5. The summed E-state index contributed by atoms with van der Waals surface area (Å²) in [7, 11) is 3.94. The first kappa shape index (κ1) is 28.3. The van der Waals surface area contributed by atoms with Crippen molar-refractivity contribution in [3.63, 3.8) is 0 Å². The molecule has 0 spiro atoms. The number of nitrogens with zero attached hydrogens (tertiary/aromatic N) is 5. The summed E-state index contributed by atoms with van der Waals surface area (Å²) in [6.07, 6.45) is 0.758. The number of hydrogen-bond donors (Lipinski definition) is 1. The average Bonchev–Trinajstić information content (AvgIpc) is 2.79. The molecule has 10 nitrogen and oxygen atoms in total. The number of likely N-dealkylation sites (tertiary alicyclic amines) is 1. The van der Waals surface area contributed by atoms with Crippen LogP contribution in [0.1, 0.15) is 46.1 Å². The molecule has 2 aliphatic rings. The van der Waals surface area contributed by atoms with Gasteiger partial charge in [0.1, 0.15) is 16.8 Å². The average molecular weight is 596 g/mol. The third kappa shape index (κ3) is 5.38. The lowest BCUT2D eigenvalue weighted by Gasteiger charge is -2.52. The van der Waals surface area contributed by atoms with Crippen LogP contribution in [-0.2, 0) is 4.74 Å². The van der Waals surface area contributed by atoms with Crippen LogP contribution in [0.15, 0.2) is 10.5 Å². The Kier molecular flexibility index (Phi) is 7.52. The van der Waals surface area contributed by atoms with E-state index >= 15 is 4.39 Å². The number of fused-ring (bicyclic) bond motifs is 1. The number of aryl methyl sites for hydroxylation is 1. The molecule has 2 saturated heterocycles. The smallest absolute Gasteiger partial charge is 0.410 e. The molecular weight excluding hydrogens is 559 g/mol. The zero-order chi connectivity index (χ0) is 28.2. The number of nitrogens with one attached hydrogen (secondary N) is 1. The van der Waals surface area contributed by atoms with E-state index in [1.165, 1.54) is 0 Å². The van der Waals surface area contributed by atoms with Gasteiger partial charge in [0, 0.05) is 37.6 Å². The molecule has 1 aromatic heterocycles. The molecule has 0 bridgehead atoms. The molecule has 1 amide bonds. The van der Waals surface area contributed by atoms with Crippen LogP contribution in [0.25, 0.3) is 10.9 Å². The summed E-state index contributed by atoms with van der Waals surface area (Å²) < 4.78 is 21.3. The predicted molar refractivity (Wildman–Crippen MR) is 150 cm³/mol. The van der Waals surface area contributed by atoms with Crippen LogP contribution in [-0.4, -0.2) is 83.3 Å². The maximum absolute atomic E-state index is 15.5. The second-order valence-corrected chi connectivity index (χ2v) is 12.6. The normalized spacial score (nSPS) is 18.1. The summed E-state index contributed by atoms with van der Waals surface area (Å²) in [5.74, 6) is -0.389. The number of carbonyl (C=O) groups excluding carboxylic acids is 1. The molecule has 38 heavy (non-hydrogen) atoms. The molecular formula is C26H36BrFN6O4. The van der Waals surface area contributed by atoms with Gasteiger partial charge in [0.2, 0.25) is 5.82 Å². The SMILES string of the molecule is Cc1cc2c(NC3CCN(C(=O)OC(C)(C)C)CC3)c([N+](=O)[O-])c(N3CC(C)(N(C)C)C3)nc2c(F)c1Br. The quantitative estimate of drug-likeness (QED) is 0.367. The van der Waals surface area contributed by atoms with E-state index in [2.05, 4.69) is 38.1 Å². The third-order valence-corrected chi connectivity index (χ3v) is 8.39. The van der Waals surface area contributed by atoms with Crippen molar-refractivity contribution >= 4 is 50.1 Å². The van der Waals surface area contributed by atoms with E-state index in [1.807, 2.05) is 39.8 Å². The van der Waals surface area contributed by atoms with Gasteiger partial charge in [-0.15, -0.1) is 0 Å². The van der Waals surface area contributed by atoms with Gasteiger partial charge in [0.25, 0.3) is 0 Å². The standard InChI is InChI=1S/C26H36BrFN6O4/c1-15-12-17-20(19(28)18(15)27)30-23(33-13-26(5,14-33)31(6)7)22(34(36)37)21(17)29-16-8-10-32(11-9-16)24(35)38-25(2,3)4/h12,16H,8-11,13-14H2,1-7H3,(H,29,30). The van der Waals surface area contributed by atoms with Crippen LogP contribution in [0.2, 0.25) is 0 Å². The Morgan fingerprint density at radius 2 is 1.92 bits per heavy atom. The molecule has 0 unspecified atom stereocenters. The molecule has 2 fully saturated rings. The zero-order valence-corrected chi connectivity index (χ0v) is 24.6. The largest absolute Gasteiger partial charge is 0.444 e. The van der Waals surface area contributed by atoms with Crippen LogP contribution >= 0.6 is 15.9 Å². The molecule has 0 radical (unpaired) electrons. The molecule has 4 rings (SSSR count). The minimum absolute atomic E-state index is 0.0789. The van der Waals surface area contributed by atoms with E-state index in [0.717, 1.165) is 0 Å². The highest BCUT2D eigenvalue weighted by molar-refractivity contribution is 9.10. The summed E-state index contributed by atoms with van der Waals surface area (Å²) in [6, 6.07) is 1.58. The Bertz CT molecular complexity index is 1270. The van der Waals surface area contributed by atoms with Gasteiger partial charge in [-0.2, -0.15) is 0 Å². The van der Waals surface area contributed by atoms with Crippen LogP contribution in [0.3, 0.4) is 0 Å². The summed E-state index contributed by atoms with van der Waals surface area (Å²) >= 11 is 3.30. The lowest BCUT2D eigenvalue weighted by molar-refractivity contribution is -0.383. The number of nitro groups is 1. The maximum atomic E-state index is 15.5. The van der Waals surface area contributed by atoms with Crippen LogP contribution in [0.5, 0.6) is 0 Å². The zero-order valence-electron chi connectivity index (χ0n) is 23.0. The number of hydrogen-bond acceptors (Lipinski definition) is 8. The highest BCUT2D eigenvalue weighted by Crippen LogP contribution is 2.45. The van der Waals surface area contributed by atoms with Gasteiger partial charge in [-0.3, -0.25) is 10.1 Å². The topological polar surface area (TPSA) is 104 Å². The summed E-state index contributed by atoms with van der Waals surface area (Å²) in [6.45, 7) is 11.2. The number of piperidine rings is 1. The second kappa shape index (κ2) is 10.1. The first-order chi connectivity index (χ1) is 17.6. The number of halogens is 2. The monoisotopic (exact) mass is 594 g/mol. The lowest BCUT2D eigenvalue weighted by atomic mass is 9.90. The number of benzene rings is 1. The Hall–Kier alpha value is -2.73. The van der Waals surface area contributed by atoms with Gasteiger partial charge >= 0.3 is 11.8 Å². The van der Waals surface area contributed by atoms with Crippen molar-refractivity contribution in [2.45, 2.75) is 64.6 Å². The number of pyridine rings is 1. The van der Waals surface area contributed by atoms with E-state index in [9.17, 15) is 14.9 Å². The van der Waals surface area contributed by atoms with E-state index in [1.54, 1.807) is 17.9 Å². The van der Waals surface area contributed by atoms with Crippen molar-refractivity contribution in [2.75, 3.05) is 50.5 Å². The number of aromatic nitrogens is 1. The van der Waals surface area contributed by atoms with Crippen molar-refractivity contribution in [1.29, 1.82) is 0 Å². The fourth-order valence-corrected chi connectivity index (χ4v) is 5.23. The Morgan fingerprint density at radius 3 is 2.45 bits per heavy atom. The van der Waals surface area contributed by atoms with Gasteiger partial charge in [-0.05, 0) is 89.1 Å². The molecule has 12 heteroatoms. The summed E-state index contributed by atoms with van der Waals surface area (Å²) in [4.78, 5) is 34.6. The number of carbonyl (C=O) groups is 1. The number of rotatable bonds is 5. The molecule has 208 valence electrons. The van der Waals surface area contributed by atoms with Crippen LogP contribution in [0.4, 0.5) is 26.4 Å². The van der Waals surface area contributed by atoms with E-state index < -0.39 is 16.3 Å². The fraction of sp³-hybridized carbons (Fsp3) is 0.615. The molecule has 1 N–H and O–H groups in total. The predicted octanol–water partition coefficient (Wildman–Crippen LogP) is 5.30. The Morgan fingerprint density at radius 1 is 1.32 bits per heavy atom. The molecule has 0 atom stereocenters. The number of ether oxygens (including phenoxy) is 1. The van der Waals surface area contributed by atoms with E-state index in [4.69, 9.17) is 4.74 Å². The third-order valence-electron chi connectivity index (χ3n) is 7.42. The second-order valence-electron chi connectivity index (χ2n) is 11.8. The van der Waals surface area contributed by atoms with Crippen molar-refractivity contribution in [3.8, 4) is 0 Å². The Labute approximate surface area is 230 Å². The highest BCUT2D eigenvalue weighted by atomic mass is 79.9. The van der Waals surface area contributed by atoms with Crippen molar-refractivity contribution in [1.82, 2.24) is 14.8 Å². The highest BCUT2D eigenvalue weighted by Gasteiger charge is 2.45. The molecule has 0 saturated carbocycles. The van der Waals surface area contributed by atoms with Crippen LogP contribution < -0.4 is 10.2 Å². The maximum Gasteiger partial charge on any atom is 0.410 e. The van der Waals surface area contributed by atoms with Gasteiger partial charge in [0.15, 0.2) is 5.82 Å². The number of amides is 1. The first-order valence-electron chi connectivity index (χ1n) is 12.7. The van der Waals surface area contributed by atoms with Gasteiger partial charge in [0.05, 0.1) is 14.9 Å². The molecule has 3 heterocycles. The minimum atomic E-state index is -0.588. The summed E-state index contributed by atoms with van der Waals surface area (Å²) in [5, 5.41) is 16.2. The van der Waals surface area contributed by atoms with Gasteiger partial charge in [-0.25, -0.2) is 14.2 Å². The van der Waals surface area contributed by atoms with E-state index in [0.29, 0.717) is 50.0 Å². The van der Waals surface area contributed by atoms with Crippen molar-refractivity contribution in [2.24, 2.45) is 0 Å². The fourth-order valence-electron chi connectivity index (χ4n) is 4.93. The number of likely N-dealkylation sites (N-methyl/N-ethyl adjacent to an activating group) is 1. The molecule has 2 aromatic rings. The van der Waals surface area contributed by atoms with Crippen molar-refractivity contribution < 1.29 is 18.8 Å². The van der Waals surface area contributed by atoms with Gasteiger partial charge < -0.3 is 24.8 Å². The van der Waals surface area contributed by atoms with Gasteiger partial charge in [-0.1, -0.05) is 0 Å². The molecule has 0 aliphatic carbocycles. The number of anilines is 2. The molecule has 2 aliphatic heterocycles. The Balaban J connectivity index is 1.71. The van der Waals surface area contributed by atoms with Crippen molar-refractivity contribution in [3.05, 3.63) is 32.0 Å². The molecule has 1 aromatic carbocycles. The van der Waals surface area contributed by atoms with E-state index in [-0.39, 0.29) is 44.9 Å². The summed E-state index contributed by atoms with van der Waals surface area (Å²) in [5.41, 5.74) is 0.0436. The van der Waals surface area contributed by atoms with Crippen LogP contribution in [0, 0.1) is 22.9 Å². The minimum Gasteiger partial charge on any atom is -0.444 e.